The van der Waals surface area contributed by atoms with E-state index in [0.29, 0.717) is 23.8 Å². The van der Waals surface area contributed by atoms with E-state index in [-0.39, 0.29) is 11.4 Å². The Labute approximate surface area is 186 Å². The molecule has 4 rings (SSSR count). The van der Waals surface area contributed by atoms with Crippen LogP contribution in [0.25, 0.3) is 17.3 Å². The molecule has 3 aromatic rings. The van der Waals surface area contributed by atoms with E-state index in [2.05, 4.69) is 37.0 Å². The van der Waals surface area contributed by atoms with Gasteiger partial charge < -0.3 is 10.6 Å². The summed E-state index contributed by atoms with van der Waals surface area (Å²) in [4.78, 5) is 18.2. The number of aryl methyl sites for hydroxylation is 2. The zero-order valence-corrected chi connectivity index (χ0v) is 18.2. The second kappa shape index (κ2) is 9.00. The molecule has 0 unspecified atom stereocenters. The molecular formula is C22H24N10. The fraction of sp³-hybridized carbons (Fsp3) is 0.364. The Balaban J connectivity index is 1.66. The third kappa shape index (κ3) is 4.22. The monoisotopic (exact) mass is 428 g/mol. The molecule has 4 heterocycles. The molecule has 10 nitrogen and oxygen atoms in total. The quantitative estimate of drug-likeness (QED) is 0.645. The van der Waals surface area contributed by atoms with Crippen LogP contribution in [0.5, 0.6) is 0 Å². The first-order chi connectivity index (χ1) is 15.5. The SMILES string of the molecule is Cc1cc(C)n(-c2nc(N)c(C#N)c(-c3cccc(N4CCN(CCC#N)CC4)n3)n2)n1. The number of anilines is 2. The van der Waals surface area contributed by atoms with E-state index in [1.165, 1.54) is 0 Å². The smallest absolute Gasteiger partial charge is 0.253 e. The van der Waals surface area contributed by atoms with Gasteiger partial charge in [0.15, 0.2) is 0 Å². The van der Waals surface area contributed by atoms with E-state index in [1.807, 2.05) is 38.1 Å². The summed E-state index contributed by atoms with van der Waals surface area (Å²) in [5, 5.41) is 22.9. The van der Waals surface area contributed by atoms with Gasteiger partial charge in [-0.25, -0.2) is 14.6 Å². The number of pyridine rings is 1. The topological polar surface area (TPSA) is 137 Å². The molecule has 32 heavy (non-hydrogen) atoms. The summed E-state index contributed by atoms with van der Waals surface area (Å²) in [7, 11) is 0. The van der Waals surface area contributed by atoms with E-state index in [1.54, 1.807) is 4.68 Å². The van der Waals surface area contributed by atoms with Crippen LogP contribution in [-0.4, -0.2) is 62.4 Å². The lowest BCUT2D eigenvalue weighted by atomic mass is 10.1. The second-order valence-corrected chi connectivity index (χ2v) is 7.70. The number of hydrogen-bond acceptors (Lipinski definition) is 9. The molecule has 1 aliphatic heterocycles. The van der Waals surface area contributed by atoms with Crippen LogP contribution in [0.4, 0.5) is 11.6 Å². The Bertz CT molecular complexity index is 1210. The summed E-state index contributed by atoms with van der Waals surface area (Å²) in [5.74, 6) is 1.22. The first kappa shape index (κ1) is 21.2. The maximum atomic E-state index is 9.70. The van der Waals surface area contributed by atoms with Crippen molar-refractivity contribution in [3.8, 4) is 29.5 Å². The minimum absolute atomic E-state index is 0.0957. The Hall–Kier alpha value is -4.02. The molecule has 2 N–H and O–H groups in total. The third-order valence-corrected chi connectivity index (χ3v) is 5.45. The molecule has 0 atom stereocenters. The van der Waals surface area contributed by atoms with Gasteiger partial charge in [0, 0.05) is 44.8 Å². The van der Waals surface area contributed by atoms with E-state index < -0.39 is 0 Å². The predicted molar refractivity (Wildman–Crippen MR) is 120 cm³/mol. The molecule has 1 aliphatic rings. The molecule has 0 aromatic carbocycles. The highest BCUT2D eigenvalue weighted by Gasteiger charge is 2.21. The van der Waals surface area contributed by atoms with Gasteiger partial charge in [-0.2, -0.15) is 20.6 Å². The highest BCUT2D eigenvalue weighted by Crippen LogP contribution is 2.26. The fourth-order valence-electron chi connectivity index (χ4n) is 3.83. The second-order valence-electron chi connectivity index (χ2n) is 7.70. The number of rotatable bonds is 5. The first-order valence-corrected chi connectivity index (χ1v) is 10.4. The Morgan fingerprint density at radius 1 is 1.06 bits per heavy atom. The number of aromatic nitrogens is 5. The molecule has 0 bridgehead atoms. The Kier molecular flexibility index (Phi) is 5.97. The number of hydrogen-bond donors (Lipinski definition) is 1. The normalized spacial score (nSPS) is 14.2. The van der Waals surface area contributed by atoms with Gasteiger partial charge in [-0.05, 0) is 32.0 Å². The van der Waals surface area contributed by atoms with E-state index in [9.17, 15) is 5.26 Å². The van der Waals surface area contributed by atoms with E-state index in [4.69, 9.17) is 16.0 Å². The predicted octanol–water partition coefficient (Wildman–Crippen LogP) is 1.83. The van der Waals surface area contributed by atoms with Crippen molar-refractivity contribution >= 4 is 11.6 Å². The van der Waals surface area contributed by atoms with Crippen molar-refractivity contribution in [1.82, 2.24) is 29.6 Å². The van der Waals surface area contributed by atoms with Crippen LogP contribution in [0.15, 0.2) is 24.3 Å². The lowest BCUT2D eigenvalue weighted by Crippen LogP contribution is -2.46. The summed E-state index contributed by atoms with van der Waals surface area (Å²) in [6, 6.07) is 11.9. The molecule has 3 aromatic heterocycles. The standard InChI is InChI=1S/C22H24N10/c1-15-13-16(2)32(29-15)22-27-20(17(14-24)21(25)28-22)18-5-3-6-19(26-18)31-11-9-30(10-12-31)8-4-7-23/h3,5-6,13H,4,8-12H2,1-2H3,(H2,25,27,28). The lowest BCUT2D eigenvalue weighted by molar-refractivity contribution is 0.263. The number of piperazine rings is 1. The molecule has 0 spiro atoms. The average molecular weight is 429 g/mol. The van der Waals surface area contributed by atoms with Crippen LogP contribution < -0.4 is 10.6 Å². The van der Waals surface area contributed by atoms with Crippen molar-refractivity contribution < 1.29 is 0 Å². The van der Waals surface area contributed by atoms with Gasteiger partial charge in [0.2, 0.25) is 0 Å². The largest absolute Gasteiger partial charge is 0.382 e. The molecule has 0 aliphatic carbocycles. The van der Waals surface area contributed by atoms with Gasteiger partial charge in [-0.15, -0.1) is 0 Å². The average Bonchev–Trinajstić information content (AvgIpc) is 3.15. The van der Waals surface area contributed by atoms with Crippen LogP contribution in [0, 0.1) is 36.5 Å². The number of nitrogens with zero attached hydrogens (tertiary/aromatic N) is 9. The molecule has 162 valence electrons. The van der Waals surface area contributed by atoms with Crippen molar-refractivity contribution in [2.24, 2.45) is 0 Å². The van der Waals surface area contributed by atoms with Gasteiger partial charge in [-0.3, -0.25) is 4.90 Å². The summed E-state index contributed by atoms with van der Waals surface area (Å²) in [6.45, 7) is 7.97. The molecule has 1 saturated heterocycles. The maximum Gasteiger partial charge on any atom is 0.253 e. The van der Waals surface area contributed by atoms with E-state index >= 15 is 0 Å². The van der Waals surface area contributed by atoms with Crippen molar-refractivity contribution in [3.05, 3.63) is 41.2 Å². The molecule has 1 fully saturated rings. The number of nitrogens with two attached hydrogens (primary N) is 1. The highest BCUT2D eigenvalue weighted by molar-refractivity contribution is 5.71. The summed E-state index contributed by atoms with van der Waals surface area (Å²) >= 11 is 0. The number of nitrogen functional groups attached to an aromatic ring is 1. The van der Waals surface area contributed by atoms with Gasteiger partial charge in [0.05, 0.1) is 17.5 Å². The number of nitriles is 2. The van der Waals surface area contributed by atoms with Crippen LogP contribution in [0.2, 0.25) is 0 Å². The third-order valence-electron chi connectivity index (χ3n) is 5.45. The van der Waals surface area contributed by atoms with Crippen molar-refractivity contribution in [1.29, 1.82) is 10.5 Å². The zero-order chi connectivity index (χ0) is 22.7. The van der Waals surface area contributed by atoms with Crippen LogP contribution in [-0.2, 0) is 0 Å². The van der Waals surface area contributed by atoms with Gasteiger partial charge >= 0.3 is 0 Å². The Morgan fingerprint density at radius 2 is 1.84 bits per heavy atom. The molecular weight excluding hydrogens is 404 g/mol. The minimum atomic E-state index is 0.0957. The van der Waals surface area contributed by atoms with Gasteiger partial charge in [-0.1, -0.05) is 6.07 Å². The van der Waals surface area contributed by atoms with Gasteiger partial charge in [0.25, 0.3) is 5.95 Å². The Morgan fingerprint density at radius 3 is 2.50 bits per heavy atom. The van der Waals surface area contributed by atoms with Crippen molar-refractivity contribution in [2.45, 2.75) is 20.3 Å². The van der Waals surface area contributed by atoms with Crippen molar-refractivity contribution in [3.63, 3.8) is 0 Å². The molecule has 0 radical (unpaired) electrons. The molecule has 0 amide bonds. The van der Waals surface area contributed by atoms with Gasteiger partial charge in [0.1, 0.15) is 29.0 Å². The van der Waals surface area contributed by atoms with E-state index in [0.717, 1.165) is 49.9 Å². The highest BCUT2D eigenvalue weighted by atomic mass is 15.4. The zero-order valence-electron chi connectivity index (χ0n) is 18.2. The summed E-state index contributed by atoms with van der Waals surface area (Å²) in [5.41, 5.74) is 8.97. The van der Waals surface area contributed by atoms with Crippen LogP contribution in [0.1, 0.15) is 23.4 Å². The summed E-state index contributed by atoms with van der Waals surface area (Å²) < 4.78 is 1.61. The van der Waals surface area contributed by atoms with Crippen molar-refractivity contribution in [2.75, 3.05) is 43.4 Å². The first-order valence-electron chi connectivity index (χ1n) is 10.4. The lowest BCUT2D eigenvalue weighted by Gasteiger charge is -2.35. The van der Waals surface area contributed by atoms with Crippen LogP contribution >= 0.6 is 0 Å². The maximum absolute atomic E-state index is 9.70. The fourth-order valence-corrected chi connectivity index (χ4v) is 3.83. The molecule has 0 saturated carbocycles. The molecule has 10 heteroatoms. The summed E-state index contributed by atoms with van der Waals surface area (Å²) in [6.07, 6.45) is 0.539. The van der Waals surface area contributed by atoms with Crippen LogP contribution in [0.3, 0.4) is 0 Å². The minimum Gasteiger partial charge on any atom is -0.382 e.